The number of methoxy groups -OCH3 is 1. The Morgan fingerprint density at radius 2 is 2.04 bits per heavy atom. The first-order valence-corrected chi connectivity index (χ1v) is 9.65. The Labute approximate surface area is 166 Å². The van der Waals surface area contributed by atoms with Gasteiger partial charge in [-0.15, -0.1) is 11.3 Å². The molecule has 2 heterocycles. The van der Waals surface area contributed by atoms with Crippen LogP contribution < -0.4 is 10.1 Å². The molecule has 0 bridgehead atoms. The number of hydrogen-bond donors (Lipinski definition) is 1. The van der Waals surface area contributed by atoms with Gasteiger partial charge in [-0.25, -0.2) is 9.78 Å². The van der Waals surface area contributed by atoms with Gasteiger partial charge in [0, 0.05) is 18.8 Å². The van der Waals surface area contributed by atoms with Crippen LogP contribution in [0.3, 0.4) is 0 Å². The highest BCUT2D eigenvalue weighted by molar-refractivity contribution is 7.14. The minimum atomic E-state index is -0.569. The molecule has 2 atom stereocenters. The quantitative estimate of drug-likeness (QED) is 0.744. The maximum atomic E-state index is 12.9. The molecule has 1 fully saturated rings. The van der Waals surface area contributed by atoms with E-state index in [0.29, 0.717) is 10.9 Å². The van der Waals surface area contributed by atoms with Crippen LogP contribution in [0.25, 0.3) is 0 Å². The van der Waals surface area contributed by atoms with E-state index < -0.39 is 11.9 Å². The molecule has 2 amide bonds. The number of amides is 2. The zero-order valence-electron chi connectivity index (χ0n) is 15.8. The Morgan fingerprint density at radius 3 is 2.68 bits per heavy atom. The normalized spacial score (nSPS) is 18.8. The number of aromatic nitrogens is 1. The van der Waals surface area contributed by atoms with Gasteiger partial charge < -0.3 is 19.7 Å². The second-order valence-electron chi connectivity index (χ2n) is 6.28. The molecule has 0 unspecified atom stereocenters. The third kappa shape index (κ3) is 3.99. The highest BCUT2D eigenvalue weighted by atomic mass is 32.1. The Hall–Kier alpha value is -2.94. The molecule has 1 saturated heterocycles. The van der Waals surface area contributed by atoms with Crippen molar-refractivity contribution in [1.29, 1.82) is 0 Å². The highest BCUT2D eigenvalue weighted by Gasteiger charge is 2.42. The summed E-state index contributed by atoms with van der Waals surface area (Å²) in [6.45, 7) is 1.96. The number of likely N-dealkylation sites (tertiary alicyclic amines) is 1. The fourth-order valence-electron chi connectivity index (χ4n) is 3.19. The highest BCUT2D eigenvalue weighted by Crippen LogP contribution is 2.38. The smallest absolute Gasteiger partial charge is 0.357 e. The number of nitrogens with zero attached hydrogens (tertiary/aromatic N) is 2. The molecule has 1 aliphatic rings. The average Bonchev–Trinajstić information content (AvgIpc) is 3.27. The predicted octanol–water partition coefficient (Wildman–Crippen LogP) is 2.49. The summed E-state index contributed by atoms with van der Waals surface area (Å²) in [7, 11) is 3.27. The number of rotatable bonds is 6. The lowest BCUT2D eigenvalue weighted by Gasteiger charge is -2.24. The molecule has 9 heteroatoms. The molecule has 1 aliphatic heterocycles. The summed E-state index contributed by atoms with van der Waals surface area (Å²) in [5.41, 5.74) is 0.995. The number of carbonyl (C=O) groups is 3. The van der Waals surface area contributed by atoms with E-state index in [9.17, 15) is 14.4 Å². The van der Waals surface area contributed by atoms with Gasteiger partial charge in [-0.3, -0.25) is 9.59 Å². The van der Waals surface area contributed by atoms with E-state index in [4.69, 9.17) is 9.47 Å². The molecule has 2 aromatic rings. The van der Waals surface area contributed by atoms with Crippen molar-refractivity contribution in [2.24, 2.45) is 5.92 Å². The molecule has 1 aromatic carbocycles. The summed E-state index contributed by atoms with van der Waals surface area (Å²) in [6, 6.07) is 6.91. The van der Waals surface area contributed by atoms with Crippen molar-refractivity contribution < 1.29 is 23.9 Å². The maximum Gasteiger partial charge on any atom is 0.357 e. The Kier molecular flexibility index (Phi) is 5.93. The van der Waals surface area contributed by atoms with Crippen molar-refractivity contribution in [3.8, 4) is 5.75 Å². The van der Waals surface area contributed by atoms with Gasteiger partial charge in [-0.05, 0) is 24.6 Å². The molecule has 3 rings (SSSR count). The van der Waals surface area contributed by atoms with Crippen LogP contribution in [-0.4, -0.2) is 48.4 Å². The predicted molar refractivity (Wildman–Crippen MR) is 103 cm³/mol. The van der Waals surface area contributed by atoms with Crippen LogP contribution in [0.4, 0.5) is 5.13 Å². The van der Waals surface area contributed by atoms with Crippen molar-refractivity contribution in [3.05, 3.63) is 40.9 Å². The lowest BCUT2D eigenvalue weighted by atomic mass is 9.93. The largest absolute Gasteiger partial charge is 0.497 e. The molecule has 1 aromatic heterocycles. The van der Waals surface area contributed by atoms with Crippen LogP contribution in [0.2, 0.25) is 0 Å². The minimum absolute atomic E-state index is 0.104. The third-order valence-electron chi connectivity index (χ3n) is 4.60. The third-order valence-corrected chi connectivity index (χ3v) is 5.36. The van der Waals surface area contributed by atoms with E-state index in [-0.39, 0.29) is 36.6 Å². The van der Waals surface area contributed by atoms with Gasteiger partial charge in [-0.2, -0.15) is 0 Å². The van der Waals surface area contributed by atoms with Crippen molar-refractivity contribution >= 4 is 34.3 Å². The SMILES string of the molecule is CCOC(=O)c1csc(NC(=O)[C@@H]2CC(=O)N(C)[C@H]2c2ccc(OC)cc2)n1. The van der Waals surface area contributed by atoms with Gasteiger partial charge in [-0.1, -0.05) is 12.1 Å². The number of ether oxygens (including phenoxy) is 2. The summed E-state index contributed by atoms with van der Waals surface area (Å²) >= 11 is 1.14. The van der Waals surface area contributed by atoms with Gasteiger partial charge in [0.2, 0.25) is 11.8 Å². The molecule has 0 saturated carbocycles. The first-order chi connectivity index (χ1) is 13.4. The van der Waals surface area contributed by atoms with E-state index in [1.807, 2.05) is 12.1 Å². The summed E-state index contributed by atoms with van der Waals surface area (Å²) < 4.78 is 10.1. The summed E-state index contributed by atoms with van der Waals surface area (Å²) in [5, 5.41) is 4.54. The van der Waals surface area contributed by atoms with Gasteiger partial charge in [0.15, 0.2) is 10.8 Å². The molecule has 8 nitrogen and oxygen atoms in total. The van der Waals surface area contributed by atoms with E-state index in [1.165, 1.54) is 5.38 Å². The fourth-order valence-corrected chi connectivity index (χ4v) is 3.87. The Morgan fingerprint density at radius 1 is 1.32 bits per heavy atom. The van der Waals surface area contributed by atoms with E-state index in [0.717, 1.165) is 16.9 Å². The number of nitrogens with one attached hydrogen (secondary N) is 1. The van der Waals surface area contributed by atoms with Gasteiger partial charge in [0.1, 0.15) is 5.75 Å². The van der Waals surface area contributed by atoms with Crippen LogP contribution in [-0.2, 0) is 14.3 Å². The van der Waals surface area contributed by atoms with Crippen molar-refractivity contribution in [1.82, 2.24) is 9.88 Å². The number of benzene rings is 1. The first-order valence-electron chi connectivity index (χ1n) is 8.77. The topological polar surface area (TPSA) is 97.8 Å². The van der Waals surface area contributed by atoms with Crippen molar-refractivity contribution in [2.75, 3.05) is 26.1 Å². The molecule has 0 radical (unpaired) electrons. The summed E-state index contributed by atoms with van der Waals surface area (Å²) in [5.74, 6) is -0.825. The van der Waals surface area contributed by atoms with E-state index in [1.54, 1.807) is 38.1 Å². The average molecular weight is 403 g/mol. The van der Waals surface area contributed by atoms with Crippen LogP contribution in [0.1, 0.15) is 35.4 Å². The number of carbonyl (C=O) groups excluding carboxylic acids is 3. The summed E-state index contributed by atoms with van der Waals surface area (Å²) in [6.07, 6.45) is 0.106. The van der Waals surface area contributed by atoms with Gasteiger partial charge >= 0.3 is 5.97 Å². The second-order valence-corrected chi connectivity index (χ2v) is 7.14. The molecule has 1 N–H and O–H groups in total. The minimum Gasteiger partial charge on any atom is -0.497 e. The van der Waals surface area contributed by atoms with E-state index >= 15 is 0 Å². The Bertz CT molecular complexity index is 880. The van der Waals surface area contributed by atoms with Crippen molar-refractivity contribution in [3.63, 3.8) is 0 Å². The van der Waals surface area contributed by atoms with Gasteiger partial charge in [0.25, 0.3) is 0 Å². The molecular weight excluding hydrogens is 382 g/mol. The van der Waals surface area contributed by atoms with Crippen LogP contribution in [0.5, 0.6) is 5.75 Å². The molecule has 148 valence electrons. The molecular formula is C19H21N3O5S. The molecule has 28 heavy (non-hydrogen) atoms. The first kappa shape index (κ1) is 19.8. The van der Waals surface area contributed by atoms with Crippen LogP contribution in [0.15, 0.2) is 29.6 Å². The lowest BCUT2D eigenvalue weighted by Crippen LogP contribution is -2.30. The number of thiazole rings is 1. The number of anilines is 1. The zero-order valence-corrected chi connectivity index (χ0v) is 16.6. The standard InChI is InChI=1S/C19H21N3O5S/c1-4-27-18(25)14-10-28-19(20-14)21-17(24)13-9-15(23)22(2)16(13)11-5-7-12(26-3)8-6-11/h5-8,10,13,16H,4,9H2,1-3H3,(H,20,21,24)/t13-,16+/m1/s1. The molecule has 0 aliphatic carbocycles. The van der Waals surface area contributed by atoms with Crippen LogP contribution in [0, 0.1) is 5.92 Å². The number of hydrogen-bond acceptors (Lipinski definition) is 7. The fraction of sp³-hybridized carbons (Fsp3) is 0.368. The molecule has 0 spiro atoms. The Balaban J connectivity index is 1.77. The summed E-state index contributed by atoms with van der Waals surface area (Å²) in [4.78, 5) is 42.5. The zero-order chi connectivity index (χ0) is 20.3. The van der Waals surface area contributed by atoms with Crippen molar-refractivity contribution in [2.45, 2.75) is 19.4 Å². The monoisotopic (exact) mass is 403 g/mol. The lowest BCUT2D eigenvalue weighted by molar-refractivity contribution is -0.128. The van der Waals surface area contributed by atoms with E-state index in [2.05, 4.69) is 10.3 Å². The number of esters is 1. The maximum absolute atomic E-state index is 12.9. The van der Waals surface area contributed by atoms with Crippen LogP contribution >= 0.6 is 11.3 Å². The van der Waals surface area contributed by atoms with Gasteiger partial charge in [0.05, 0.1) is 25.7 Å². The second kappa shape index (κ2) is 8.39.